The highest BCUT2D eigenvalue weighted by Gasteiger charge is 2.30. The molecule has 0 aliphatic carbocycles. The maximum atomic E-state index is 14.3. The lowest BCUT2D eigenvalue weighted by molar-refractivity contribution is -0.114. The second kappa shape index (κ2) is 8.06. The number of pyridine rings is 1. The first-order chi connectivity index (χ1) is 14.9. The second-order valence-corrected chi connectivity index (χ2v) is 7.11. The minimum atomic E-state index is -0.569. The topological polar surface area (TPSA) is 90.0 Å². The van der Waals surface area contributed by atoms with Crippen LogP contribution in [0.2, 0.25) is 0 Å². The van der Waals surface area contributed by atoms with E-state index in [1.54, 1.807) is 37.4 Å². The van der Waals surface area contributed by atoms with E-state index >= 15 is 0 Å². The number of fused-ring (bicyclic) bond motifs is 2. The standard InChI is InChI=1S/C23H21FN4O3/c1-13-18(30-3)9-7-16-20(27-23(25)28(2)12-29)17-11-14(6-8-19(17)31-21(13)16)15-5-4-10-26-22(15)24/h4-12,20H,1-3H3,(H2,25,27). The molecule has 1 aromatic heterocycles. The third kappa shape index (κ3) is 3.56. The van der Waals surface area contributed by atoms with Crippen LogP contribution in [0.3, 0.4) is 0 Å². The smallest absolute Gasteiger partial charge is 0.220 e. The average Bonchev–Trinajstić information content (AvgIpc) is 2.79. The average molecular weight is 420 g/mol. The molecule has 1 unspecified atom stereocenters. The zero-order valence-electron chi connectivity index (χ0n) is 17.3. The number of amides is 1. The van der Waals surface area contributed by atoms with Gasteiger partial charge in [0.05, 0.1) is 7.11 Å². The van der Waals surface area contributed by atoms with Crippen molar-refractivity contribution in [1.82, 2.24) is 9.88 Å². The summed E-state index contributed by atoms with van der Waals surface area (Å²) in [5.41, 5.74) is 9.31. The maximum absolute atomic E-state index is 14.3. The van der Waals surface area contributed by atoms with Gasteiger partial charge in [-0.3, -0.25) is 9.69 Å². The number of methoxy groups -OCH3 is 1. The van der Waals surface area contributed by atoms with E-state index in [9.17, 15) is 9.18 Å². The van der Waals surface area contributed by atoms with Crippen molar-refractivity contribution in [3.8, 4) is 28.4 Å². The summed E-state index contributed by atoms with van der Waals surface area (Å²) in [5, 5.41) is 0. The Morgan fingerprint density at radius 1 is 1.29 bits per heavy atom. The lowest BCUT2D eigenvalue weighted by atomic mass is 9.91. The van der Waals surface area contributed by atoms with Crippen LogP contribution in [0.1, 0.15) is 22.7 Å². The van der Waals surface area contributed by atoms with Crippen LogP contribution in [-0.2, 0) is 4.79 Å². The fourth-order valence-electron chi connectivity index (χ4n) is 3.58. The van der Waals surface area contributed by atoms with Gasteiger partial charge < -0.3 is 15.2 Å². The van der Waals surface area contributed by atoms with Gasteiger partial charge in [-0.2, -0.15) is 4.39 Å². The van der Waals surface area contributed by atoms with Crippen molar-refractivity contribution in [2.75, 3.05) is 14.2 Å². The Hall–Kier alpha value is -3.94. The van der Waals surface area contributed by atoms with Crippen molar-refractivity contribution in [3.63, 3.8) is 0 Å². The first kappa shape index (κ1) is 20.3. The summed E-state index contributed by atoms with van der Waals surface area (Å²) in [6, 6.07) is 11.8. The number of nitrogens with two attached hydrogens (primary N) is 1. The molecule has 0 spiro atoms. The van der Waals surface area contributed by atoms with Crippen LogP contribution in [0, 0.1) is 12.9 Å². The van der Waals surface area contributed by atoms with Crippen LogP contribution in [0.5, 0.6) is 17.2 Å². The van der Waals surface area contributed by atoms with Crippen molar-refractivity contribution >= 4 is 12.4 Å². The SMILES string of the molecule is COc1ccc2c(c1C)Oc1ccc(-c3cccnc3F)cc1C2/N=C(/N)N(C)C=O. The van der Waals surface area contributed by atoms with Gasteiger partial charge in [-0.1, -0.05) is 6.07 Å². The Labute approximate surface area is 178 Å². The van der Waals surface area contributed by atoms with Crippen LogP contribution in [0.4, 0.5) is 4.39 Å². The molecule has 31 heavy (non-hydrogen) atoms. The molecule has 2 N–H and O–H groups in total. The van der Waals surface area contributed by atoms with E-state index < -0.39 is 12.0 Å². The molecule has 1 amide bonds. The Morgan fingerprint density at radius 3 is 2.81 bits per heavy atom. The van der Waals surface area contributed by atoms with Gasteiger partial charge in [-0.05, 0) is 48.9 Å². The number of halogens is 1. The number of ether oxygens (including phenoxy) is 2. The number of carbonyl (C=O) groups is 1. The third-order valence-electron chi connectivity index (χ3n) is 5.27. The van der Waals surface area contributed by atoms with Crippen molar-refractivity contribution in [3.05, 3.63) is 71.3 Å². The summed E-state index contributed by atoms with van der Waals surface area (Å²) in [4.78, 5) is 20.7. The summed E-state index contributed by atoms with van der Waals surface area (Å²) < 4.78 is 25.9. The van der Waals surface area contributed by atoms with Crippen molar-refractivity contribution < 1.29 is 18.7 Å². The van der Waals surface area contributed by atoms with Gasteiger partial charge in [-0.15, -0.1) is 0 Å². The molecule has 158 valence electrons. The molecule has 0 bridgehead atoms. The van der Waals surface area contributed by atoms with Gasteiger partial charge in [0, 0.05) is 35.5 Å². The highest BCUT2D eigenvalue weighted by atomic mass is 19.1. The number of guanidine groups is 1. The number of nitrogens with zero attached hydrogens (tertiary/aromatic N) is 3. The Morgan fingerprint density at radius 2 is 2.10 bits per heavy atom. The molecule has 0 saturated carbocycles. The van der Waals surface area contributed by atoms with E-state index in [0.717, 1.165) is 11.1 Å². The lowest BCUT2D eigenvalue weighted by Gasteiger charge is -2.29. The summed E-state index contributed by atoms with van der Waals surface area (Å²) in [6.07, 6.45) is 1.98. The highest BCUT2D eigenvalue weighted by Crippen LogP contribution is 2.49. The first-order valence-electron chi connectivity index (χ1n) is 9.56. The summed E-state index contributed by atoms with van der Waals surface area (Å²) in [7, 11) is 3.11. The number of rotatable bonds is 4. The zero-order valence-corrected chi connectivity index (χ0v) is 17.3. The fraction of sp³-hybridized carbons (Fsp3) is 0.174. The molecule has 2 aromatic carbocycles. The third-order valence-corrected chi connectivity index (χ3v) is 5.27. The maximum Gasteiger partial charge on any atom is 0.220 e. The molecule has 1 atom stereocenters. The number of benzene rings is 2. The second-order valence-electron chi connectivity index (χ2n) is 7.11. The van der Waals surface area contributed by atoms with E-state index in [0.29, 0.717) is 40.3 Å². The minimum absolute atomic E-state index is 0.0465. The van der Waals surface area contributed by atoms with Gasteiger partial charge in [-0.25, -0.2) is 9.98 Å². The molecule has 0 saturated heterocycles. The molecular weight excluding hydrogens is 399 g/mol. The predicted molar refractivity (Wildman–Crippen MR) is 115 cm³/mol. The molecule has 0 fully saturated rings. The van der Waals surface area contributed by atoms with Crippen molar-refractivity contribution in [2.45, 2.75) is 13.0 Å². The molecule has 8 heteroatoms. The van der Waals surface area contributed by atoms with Crippen LogP contribution < -0.4 is 15.2 Å². The monoisotopic (exact) mass is 420 g/mol. The van der Waals surface area contributed by atoms with Crippen LogP contribution in [0.25, 0.3) is 11.1 Å². The fourth-order valence-corrected chi connectivity index (χ4v) is 3.58. The number of aromatic nitrogens is 1. The number of hydrogen-bond acceptors (Lipinski definition) is 5. The van der Waals surface area contributed by atoms with E-state index in [2.05, 4.69) is 9.98 Å². The molecule has 1 aliphatic heterocycles. The lowest BCUT2D eigenvalue weighted by Crippen LogP contribution is -2.33. The van der Waals surface area contributed by atoms with E-state index in [4.69, 9.17) is 15.2 Å². The predicted octanol–water partition coefficient (Wildman–Crippen LogP) is 3.80. The van der Waals surface area contributed by atoms with Gasteiger partial charge in [0.1, 0.15) is 23.3 Å². The van der Waals surface area contributed by atoms with E-state index in [-0.39, 0.29) is 5.96 Å². The van der Waals surface area contributed by atoms with Gasteiger partial charge >= 0.3 is 0 Å². The van der Waals surface area contributed by atoms with Crippen molar-refractivity contribution in [2.24, 2.45) is 10.7 Å². The molecule has 4 rings (SSSR count). The van der Waals surface area contributed by atoms with Gasteiger partial charge in [0.25, 0.3) is 0 Å². The highest BCUT2D eigenvalue weighted by molar-refractivity contribution is 5.87. The normalized spacial score (nSPS) is 14.8. The zero-order chi connectivity index (χ0) is 22.1. The summed E-state index contributed by atoms with van der Waals surface area (Å²) >= 11 is 0. The Kier molecular flexibility index (Phi) is 5.29. The van der Waals surface area contributed by atoms with Gasteiger partial charge in [0.15, 0.2) is 5.96 Å². The van der Waals surface area contributed by atoms with Crippen LogP contribution in [-0.4, -0.2) is 36.4 Å². The van der Waals surface area contributed by atoms with Crippen molar-refractivity contribution in [1.29, 1.82) is 0 Å². The quantitative estimate of drug-likeness (QED) is 0.300. The summed E-state index contributed by atoms with van der Waals surface area (Å²) in [5.74, 6) is 1.33. The number of aliphatic imine (C=N–C) groups is 1. The van der Waals surface area contributed by atoms with Gasteiger partial charge in [0.2, 0.25) is 12.4 Å². The summed E-state index contributed by atoms with van der Waals surface area (Å²) in [6.45, 7) is 1.89. The Balaban J connectivity index is 1.92. The Bertz CT molecular complexity index is 1200. The number of hydrogen-bond donors (Lipinski definition) is 1. The molecule has 2 heterocycles. The molecule has 7 nitrogen and oxygen atoms in total. The molecule has 0 radical (unpaired) electrons. The largest absolute Gasteiger partial charge is 0.496 e. The van der Waals surface area contributed by atoms with E-state index in [1.165, 1.54) is 18.1 Å². The molecule has 3 aromatic rings. The molecule has 1 aliphatic rings. The number of carbonyl (C=O) groups excluding carboxylic acids is 1. The first-order valence-corrected chi connectivity index (χ1v) is 9.56. The molecular formula is C23H21FN4O3. The van der Waals surface area contributed by atoms with E-state index in [1.807, 2.05) is 19.1 Å². The van der Waals surface area contributed by atoms with Crippen LogP contribution in [0.15, 0.2) is 53.7 Å². The minimum Gasteiger partial charge on any atom is -0.496 e. The van der Waals surface area contributed by atoms with Crippen LogP contribution >= 0.6 is 0 Å².